The SMILES string of the molecule is COc1cc(CCN=C(N)c2ccc(C(F)(F)F)cc2)c([N+](=O)[O-])cc1OC. The molecule has 0 bridgehead atoms. The number of alkyl halides is 3. The lowest BCUT2D eigenvalue weighted by Crippen LogP contribution is -2.15. The molecule has 0 aliphatic heterocycles. The highest BCUT2D eigenvalue weighted by atomic mass is 19.4. The van der Waals surface area contributed by atoms with Gasteiger partial charge in [0, 0.05) is 17.7 Å². The standard InChI is InChI=1S/C18H18F3N3O4/c1-27-15-9-12(14(24(25)26)10-16(15)28-2)7-8-23-17(22)11-3-5-13(6-4-11)18(19,20)21/h3-6,9-10H,7-8H2,1-2H3,(H2,22,23). The minimum absolute atomic E-state index is 0.0388. The number of ether oxygens (including phenoxy) is 2. The molecule has 0 heterocycles. The molecular weight excluding hydrogens is 379 g/mol. The van der Waals surface area contributed by atoms with E-state index >= 15 is 0 Å². The Balaban J connectivity index is 2.18. The van der Waals surface area contributed by atoms with Crippen LogP contribution in [0.1, 0.15) is 16.7 Å². The van der Waals surface area contributed by atoms with Crippen molar-refractivity contribution in [3.63, 3.8) is 0 Å². The third-order valence-corrected chi connectivity index (χ3v) is 3.95. The number of hydrogen-bond donors (Lipinski definition) is 1. The third-order valence-electron chi connectivity index (χ3n) is 3.95. The molecule has 2 N–H and O–H groups in total. The number of nitrogens with two attached hydrogens (primary N) is 1. The molecule has 0 spiro atoms. The average molecular weight is 397 g/mol. The van der Waals surface area contributed by atoms with Crippen LogP contribution in [0.2, 0.25) is 0 Å². The monoisotopic (exact) mass is 397 g/mol. The lowest BCUT2D eigenvalue weighted by molar-refractivity contribution is -0.385. The van der Waals surface area contributed by atoms with Gasteiger partial charge in [-0.25, -0.2) is 0 Å². The van der Waals surface area contributed by atoms with Crippen molar-refractivity contribution < 1.29 is 27.6 Å². The first-order valence-corrected chi connectivity index (χ1v) is 8.04. The van der Waals surface area contributed by atoms with E-state index in [1.165, 1.54) is 38.5 Å². The lowest BCUT2D eigenvalue weighted by Gasteiger charge is -2.10. The fraction of sp³-hybridized carbons (Fsp3) is 0.278. The average Bonchev–Trinajstić information content (AvgIpc) is 2.66. The number of hydrogen-bond acceptors (Lipinski definition) is 5. The molecule has 28 heavy (non-hydrogen) atoms. The van der Waals surface area contributed by atoms with Crippen LogP contribution in [-0.4, -0.2) is 31.5 Å². The molecule has 0 aromatic heterocycles. The van der Waals surface area contributed by atoms with E-state index in [0.29, 0.717) is 16.9 Å². The van der Waals surface area contributed by atoms with Gasteiger partial charge >= 0.3 is 6.18 Å². The first-order valence-electron chi connectivity index (χ1n) is 8.04. The molecule has 2 aromatic carbocycles. The van der Waals surface area contributed by atoms with Crippen molar-refractivity contribution >= 4 is 11.5 Å². The van der Waals surface area contributed by atoms with E-state index in [9.17, 15) is 23.3 Å². The van der Waals surface area contributed by atoms with E-state index in [1.807, 2.05) is 0 Å². The van der Waals surface area contributed by atoms with E-state index in [0.717, 1.165) is 12.1 Å². The van der Waals surface area contributed by atoms with Crippen molar-refractivity contribution in [3.05, 3.63) is 63.2 Å². The number of aliphatic imine (C=N–C) groups is 1. The van der Waals surface area contributed by atoms with Crippen molar-refractivity contribution in [1.82, 2.24) is 0 Å². The summed E-state index contributed by atoms with van der Waals surface area (Å²) in [4.78, 5) is 14.8. The molecular formula is C18H18F3N3O4. The van der Waals surface area contributed by atoms with Crippen LogP contribution in [0.4, 0.5) is 18.9 Å². The first kappa shape index (κ1) is 21.0. The summed E-state index contributed by atoms with van der Waals surface area (Å²) in [7, 11) is 2.78. The van der Waals surface area contributed by atoms with E-state index in [1.54, 1.807) is 0 Å². The molecule has 150 valence electrons. The zero-order valence-electron chi connectivity index (χ0n) is 15.1. The van der Waals surface area contributed by atoms with Gasteiger partial charge in [-0.2, -0.15) is 13.2 Å². The zero-order chi connectivity index (χ0) is 20.9. The van der Waals surface area contributed by atoms with Crippen LogP contribution < -0.4 is 15.2 Å². The Bertz CT molecular complexity index is 881. The number of rotatable bonds is 7. The number of nitro benzene ring substituents is 1. The predicted molar refractivity (Wildman–Crippen MR) is 96.9 cm³/mol. The molecule has 7 nitrogen and oxygen atoms in total. The molecule has 0 atom stereocenters. The summed E-state index contributed by atoms with van der Waals surface area (Å²) in [6, 6.07) is 7.02. The Morgan fingerprint density at radius 1 is 1.14 bits per heavy atom. The molecule has 0 unspecified atom stereocenters. The second kappa shape index (κ2) is 8.59. The van der Waals surface area contributed by atoms with Crippen molar-refractivity contribution in [2.75, 3.05) is 20.8 Å². The Labute approximate surface area is 158 Å². The van der Waals surface area contributed by atoms with E-state index in [-0.39, 0.29) is 30.2 Å². The van der Waals surface area contributed by atoms with Gasteiger partial charge in [0.15, 0.2) is 11.5 Å². The summed E-state index contributed by atoms with van der Waals surface area (Å²) in [5, 5.41) is 11.3. The van der Waals surface area contributed by atoms with Gasteiger partial charge in [-0.15, -0.1) is 0 Å². The van der Waals surface area contributed by atoms with Crippen LogP contribution in [0.15, 0.2) is 41.4 Å². The molecule has 2 rings (SSSR count). The largest absolute Gasteiger partial charge is 0.493 e. The summed E-state index contributed by atoms with van der Waals surface area (Å²) in [5.74, 6) is 0.602. The number of halogens is 3. The molecule has 0 saturated carbocycles. The fourth-order valence-corrected chi connectivity index (χ4v) is 2.50. The highest BCUT2D eigenvalue weighted by Crippen LogP contribution is 2.34. The maximum Gasteiger partial charge on any atom is 0.416 e. The van der Waals surface area contributed by atoms with Crippen LogP contribution in [0.3, 0.4) is 0 Å². The van der Waals surface area contributed by atoms with Gasteiger partial charge in [-0.1, -0.05) is 12.1 Å². The minimum atomic E-state index is -4.43. The molecule has 0 fully saturated rings. The van der Waals surface area contributed by atoms with Crippen LogP contribution >= 0.6 is 0 Å². The molecule has 0 aliphatic rings. The number of amidine groups is 1. The molecule has 0 radical (unpaired) electrons. The van der Waals surface area contributed by atoms with Crippen LogP contribution in [0, 0.1) is 10.1 Å². The second-order valence-corrected chi connectivity index (χ2v) is 5.69. The molecule has 0 amide bonds. The van der Waals surface area contributed by atoms with Crippen molar-refractivity contribution in [2.24, 2.45) is 10.7 Å². The Morgan fingerprint density at radius 2 is 1.71 bits per heavy atom. The van der Waals surface area contributed by atoms with Gasteiger partial charge in [0.05, 0.1) is 30.8 Å². The quantitative estimate of drug-likeness (QED) is 0.333. The van der Waals surface area contributed by atoms with Gasteiger partial charge in [-0.3, -0.25) is 15.1 Å². The Kier molecular flexibility index (Phi) is 6.45. The molecule has 0 saturated heterocycles. The normalized spacial score (nSPS) is 12.0. The maximum absolute atomic E-state index is 12.6. The van der Waals surface area contributed by atoms with Crippen LogP contribution in [-0.2, 0) is 12.6 Å². The summed E-state index contributed by atoms with van der Waals surface area (Å²) >= 11 is 0. The summed E-state index contributed by atoms with van der Waals surface area (Å²) in [6.07, 6.45) is -4.26. The summed E-state index contributed by atoms with van der Waals surface area (Å²) in [6.45, 7) is 0.100. The smallest absolute Gasteiger partial charge is 0.416 e. The predicted octanol–water partition coefficient (Wildman–Crippen LogP) is 3.58. The second-order valence-electron chi connectivity index (χ2n) is 5.69. The van der Waals surface area contributed by atoms with Gasteiger partial charge in [-0.05, 0) is 24.6 Å². The van der Waals surface area contributed by atoms with Crippen molar-refractivity contribution in [2.45, 2.75) is 12.6 Å². The Morgan fingerprint density at radius 3 is 2.21 bits per heavy atom. The summed E-state index contributed by atoms with van der Waals surface area (Å²) in [5.41, 5.74) is 5.56. The van der Waals surface area contributed by atoms with Crippen LogP contribution in [0.5, 0.6) is 11.5 Å². The third kappa shape index (κ3) is 4.90. The Hall–Kier alpha value is -3.30. The van der Waals surface area contributed by atoms with Gasteiger partial charge < -0.3 is 15.2 Å². The van der Waals surface area contributed by atoms with Crippen molar-refractivity contribution in [1.29, 1.82) is 0 Å². The minimum Gasteiger partial charge on any atom is -0.493 e. The van der Waals surface area contributed by atoms with Gasteiger partial charge in [0.25, 0.3) is 5.69 Å². The number of nitrogens with zero attached hydrogens (tertiary/aromatic N) is 2. The zero-order valence-corrected chi connectivity index (χ0v) is 15.1. The fourth-order valence-electron chi connectivity index (χ4n) is 2.50. The van der Waals surface area contributed by atoms with E-state index in [2.05, 4.69) is 4.99 Å². The highest BCUT2D eigenvalue weighted by molar-refractivity contribution is 5.97. The van der Waals surface area contributed by atoms with Crippen molar-refractivity contribution in [3.8, 4) is 11.5 Å². The van der Waals surface area contributed by atoms with E-state index < -0.39 is 16.7 Å². The highest BCUT2D eigenvalue weighted by Gasteiger charge is 2.30. The number of methoxy groups -OCH3 is 2. The first-order chi connectivity index (χ1) is 13.2. The maximum atomic E-state index is 12.6. The summed E-state index contributed by atoms with van der Waals surface area (Å²) < 4.78 is 48.0. The molecule has 0 aliphatic carbocycles. The topological polar surface area (TPSA) is 100.0 Å². The lowest BCUT2D eigenvalue weighted by atomic mass is 10.1. The number of nitro groups is 1. The van der Waals surface area contributed by atoms with Gasteiger partial charge in [0.2, 0.25) is 0 Å². The molecule has 2 aromatic rings. The number of benzene rings is 2. The van der Waals surface area contributed by atoms with Crippen LogP contribution in [0.25, 0.3) is 0 Å². The molecule has 10 heteroatoms. The van der Waals surface area contributed by atoms with E-state index in [4.69, 9.17) is 15.2 Å². The van der Waals surface area contributed by atoms with Gasteiger partial charge in [0.1, 0.15) is 5.84 Å².